The average Bonchev–Trinajstić information content (AvgIpc) is 3.06. The fourth-order valence-electron chi connectivity index (χ4n) is 2.72. The van der Waals surface area contributed by atoms with Crippen molar-refractivity contribution in [2.45, 2.75) is 32.9 Å². The average molecular weight is 415 g/mol. The number of hydrogen-bond donors (Lipinski definition) is 2. The van der Waals surface area contributed by atoms with Crippen LogP contribution < -0.4 is 11.1 Å². The Morgan fingerprint density at radius 2 is 2.13 bits per heavy atom. The molecule has 0 aliphatic carbocycles. The summed E-state index contributed by atoms with van der Waals surface area (Å²) in [6.07, 6.45) is 3.64. The molecule has 1 aromatic heterocycles. The van der Waals surface area contributed by atoms with E-state index in [0.717, 1.165) is 12.1 Å². The van der Waals surface area contributed by atoms with Gasteiger partial charge in [0.05, 0.1) is 28.6 Å². The number of rotatable bonds is 9. The van der Waals surface area contributed by atoms with E-state index >= 15 is 0 Å². The van der Waals surface area contributed by atoms with Gasteiger partial charge in [-0.2, -0.15) is 10.4 Å². The van der Waals surface area contributed by atoms with Gasteiger partial charge in [-0.15, -0.1) is 0 Å². The highest BCUT2D eigenvalue weighted by molar-refractivity contribution is 5.98. The van der Waals surface area contributed by atoms with Gasteiger partial charge in [-0.3, -0.25) is 4.79 Å². The number of carbonyl (C=O) groups excluding carboxylic acids is 1. The number of nitrogens with zero attached hydrogens (tertiary/aromatic N) is 3. The highest BCUT2D eigenvalue weighted by atomic mass is 19.1. The highest BCUT2D eigenvalue weighted by Gasteiger charge is 2.22. The van der Waals surface area contributed by atoms with Crippen LogP contribution >= 0.6 is 0 Å². The molecule has 0 aliphatic rings. The van der Waals surface area contributed by atoms with Gasteiger partial charge in [0.25, 0.3) is 5.91 Å². The number of carbonyl (C=O) groups is 1. The van der Waals surface area contributed by atoms with E-state index in [-0.39, 0.29) is 30.2 Å². The summed E-state index contributed by atoms with van der Waals surface area (Å²) in [5, 5.41) is 15.7. The van der Waals surface area contributed by atoms with E-state index in [9.17, 15) is 13.6 Å². The van der Waals surface area contributed by atoms with Gasteiger partial charge in [-0.05, 0) is 37.6 Å². The van der Waals surface area contributed by atoms with Crippen LogP contribution in [0.4, 0.5) is 8.78 Å². The zero-order valence-electron chi connectivity index (χ0n) is 16.8. The normalized spacial score (nSPS) is 12.2. The Morgan fingerprint density at radius 1 is 1.47 bits per heavy atom. The van der Waals surface area contributed by atoms with Crippen molar-refractivity contribution < 1.29 is 18.3 Å². The molecule has 0 spiro atoms. The Bertz CT molecular complexity index is 987. The maximum atomic E-state index is 13.9. The van der Waals surface area contributed by atoms with Crippen LogP contribution in [0.2, 0.25) is 0 Å². The number of nitrogens with two attached hydrogens (primary N) is 1. The van der Waals surface area contributed by atoms with Crippen LogP contribution in [-0.2, 0) is 11.3 Å². The molecule has 1 atom stereocenters. The van der Waals surface area contributed by atoms with E-state index < -0.39 is 23.6 Å². The number of aromatic nitrogens is 2. The summed E-state index contributed by atoms with van der Waals surface area (Å²) in [7, 11) is 0. The lowest BCUT2D eigenvalue weighted by Gasteiger charge is -2.14. The molecule has 1 amide bonds. The van der Waals surface area contributed by atoms with Crippen molar-refractivity contribution in [2.75, 3.05) is 6.54 Å². The van der Waals surface area contributed by atoms with E-state index in [4.69, 9.17) is 15.7 Å². The van der Waals surface area contributed by atoms with Crippen molar-refractivity contribution in [3.63, 3.8) is 0 Å². The molecular weight excluding hydrogens is 392 g/mol. The quantitative estimate of drug-likeness (QED) is 0.612. The molecule has 9 heteroatoms. The Balaban J connectivity index is 2.35. The Labute approximate surface area is 173 Å². The molecule has 0 bridgehead atoms. The smallest absolute Gasteiger partial charge is 0.255 e. The number of halogens is 2. The highest BCUT2D eigenvalue weighted by Crippen LogP contribution is 2.22. The number of aryl methyl sites for hydroxylation is 1. The van der Waals surface area contributed by atoms with Crippen LogP contribution in [-0.4, -0.2) is 28.3 Å². The topological polar surface area (TPSA) is 106 Å². The van der Waals surface area contributed by atoms with Crippen LogP contribution in [0.1, 0.15) is 40.7 Å². The lowest BCUT2D eigenvalue weighted by atomic mass is 10.1. The third-order valence-electron chi connectivity index (χ3n) is 4.18. The Morgan fingerprint density at radius 3 is 2.70 bits per heavy atom. The number of hydrogen-bond acceptors (Lipinski definition) is 5. The minimum Gasteiger partial charge on any atom is -0.473 e. The number of nitrogens with one attached hydrogen (secondary N) is 1. The first-order chi connectivity index (χ1) is 14.3. The van der Waals surface area contributed by atoms with Gasteiger partial charge in [0, 0.05) is 6.54 Å². The molecule has 0 aliphatic heterocycles. The molecule has 1 unspecified atom stereocenters. The van der Waals surface area contributed by atoms with Crippen molar-refractivity contribution in [1.29, 1.82) is 5.26 Å². The van der Waals surface area contributed by atoms with E-state index in [1.165, 1.54) is 16.8 Å². The molecule has 1 heterocycles. The third-order valence-corrected chi connectivity index (χ3v) is 4.18. The summed E-state index contributed by atoms with van der Waals surface area (Å²) < 4.78 is 34.9. The molecule has 1 aromatic carbocycles. The van der Waals surface area contributed by atoms with Gasteiger partial charge in [-0.1, -0.05) is 19.6 Å². The fourth-order valence-corrected chi connectivity index (χ4v) is 2.72. The molecule has 0 radical (unpaired) electrons. The number of ether oxygens (including phenoxy) is 1. The number of allylic oxidation sites excluding steroid dienone is 1. The minimum absolute atomic E-state index is 0.0305. The lowest BCUT2D eigenvalue weighted by Crippen LogP contribution is -2.36. The predicted molar refractivity (Wildman–Crippen MR) is 109 cm³/mol. The summed E-state index contributed by atoms with van der Waals surface area (Å²) in [4.78, 5) is 12.6. The summed E-state index contributed by atoms with van der Waals surface area (Å²) in [5.41, 5.74) is 6.25. The first kappa shape index (κ1) is 22.8. The van der Waals surface area contributed by atoms with Crippen LogP contribution in [0.15, 0.2) is 30.9 Å². The van der Waals surface area contributed by atoms with Gasteiger partial charge in [-0.25, -0.2) is 13.5 Å². The molecule has 0 saturated carbocycles. The van der Waals surface area contributed by atoms with Crippen molar-refractivity contribution in [1.82, 2.24) is 15.1 Å². The molecule has 0 saturated heterocycles. The molecule has 3 N–H and O–H groups in total. The molecule has 2 aromatic rings. The predicted octanol–water partition coefficient (Wildman–Crippen LogP) is 3.12. The lowest BCUT2D eigenvalue weighted by molar-refractivity contribution is 0.0952. The van der Waals surface area contributed by atoms with Crippen molar-refractivity contribution in [3.05, 3.63) is 65.0 Å². The molecule has 30 heavy (non-hydrogen) atoms. The molecule has 0 fully saturated rings. The SMILES string of the molecule is C=Cc1c(C(=O)NCC(N)C#N)c(C)nn1/C(=C\CC)OCc1c(F)cccc1F. The monoisotopic (exact) mass is 415 g/mol. The Kier molecular flexibility index (Phi) is 7.83. The van der Waals surface area contributed by atoms with Crippen LogP contribution in [0.3, 0.4) is 0 Å². The summed E-state index contributed by atoms with van der Waals surface area (Å²) in [6, 6.07) is 4.55. The van der Waals surface area contributed by atoms with Crippen LogP contribution in [0.25, 0.3) is 12.0 Å². The van der Waals surface area contributed by atoms with Gasteiger partial charge in [0.2, 0.25) is 5.88 Å². The number of benzene rings is 1. The van der Waals surface area contributed by atoms with E-state index in [0.29, 0.717) is 17.8 Å². The summed E-state index contributed by atoms with van der Waals surface area (Å²) in [6.45, 7) is 6.82. The van der Waals surface area contributed by atoms with Crippen LogP contribution in [0, 0.1) is 29.9 Å². The van der Waals surface area contributed by atoms with Crippen LogP contribution in [0.5, 0.6) is 0 Å². The molecule has 7 nitrogen and oxygen atoms in total. The maximum Gasteiger partial charge on any atom is 0.255 e. The second-order valence-corrected chi connectivity index (χ2v) is 6.35. The standard InChI is InChI=1S/C21H23F2N5O2/c1-4-7-19(30-12-15-16(22)8-6-9-17(15)23)28-18(5-2)20(13(3)27-28)21(29)26-11-14(25)10-24/h5-9,14H,2,4,11-12,25H2,1,3H3,(H,26,29)/b19-7+. The second-order valence-electron chi connectivity index (χ2n) is 6.35. The van der Waals surface area contributed by atoms with Gasteiger partial charge in [0.1, 0.15) is 24.3 Å². The first-order valence-electron chi connectivity index (χ1n) is 9.25. The van der Waals surface area contributed by atoms with Gasteiger partial charge >= 0.3 is 0 Å². The van der Waals surface area contributed by atoms with Gasteiger partial charge < -0.3 is 15.8 Å². The van der Waals surface area contributed by atoms with Crippen molar-refractivity contribution >= 4 is 17.9 Å². The number of amides is 1. The van der Waals surface area contributed by atoms with Gasteiger partial charge in [0.15, 0.2) is 0 Å². The third kappa shape index (κ3) is 5.10. The zero-order valence-corrected chi connectivity index (χ0v) is 16.8. The minimum atomic E-state index is -0.842. The van der Waals surface area contributed by atoms with E-state index in [1.54, 1.807) is 13.0 Å². The molecule has 158 valence electrons. The first-order valence-corrected chi connectivity index (χ1v) is 9.25. The fraction of sp³-hybridized carbons (Fsp3) is 0.286. The Hall–Kier alpha value is -3.51. The largest absolute Gasteiger partial charge is 0.473 e. The zero-order chi connectivity index (χ0) is 22.3. The molecular formula is C21H23F2N5O2. The summed E-state index contributed by atoms with van der Waals surface area (Å²) in [5.74, 6) is -1.72. The second kappa shape index (κ2) is 10.3. The number of nitriles is 1. The molecule has 2 rings (SSSR count). The van der Waals surface area contributed by atoms with Crippen molar-refractivity contribution in [3.8, 4) is 6.07 Å². The maximum absolute atomic E-state index is 13.9. The van der Waals surface area contributed by atoms with Crippen molar-refractivity contribution in [2.24, 2.45) is 5.73 Å². The summed E-state index contributed by atoms with van der Waals surface area (Å²) >= 11 is 0. The van der Waals surface area contributed by atoms with E-state index in [2.05, 4.69) is 17.0 Å². The van der Waals surface area contributed by atoms with E-state index in [1.807, 2.05) is 13.0 Å².